The van der Waals surface area contributed by atoms with E-state index in [1.54, 1.807) is 12.1 Å². The summed E-state index contributed by atoms with van der Waals surface area (Å²) >= 11 is 0. The number of rotatable bonds is 6. The first-order chi connectivity index (χ1) is 9.46. The van der Waals surface area contributed by atoms with Gasteiger partial charge in [0.05, 0.1) is 4.92 Å². The van der Waals surface area contributed by atoms with Gasteiger partial charge in [-0.1, -0.05) is 12.1 Å². The minimum atomic E-state index is -0.313. The lowest BCUT2D eigenvalue weighted by Crippen LogP contribution is -2.56. The van der Waals surface area contributed by atoms with Crippen LogP contribution < -0.4 is 5.32 Å². The van der Waals surface area contributed by atoms with Gasteiger partial charge in [-0.15, -0.1) is 0 Å². The van der Waals surface area contributed by atoms with Crippen LogP contribution in [0.1, 0.15) is 30.4 Å². The third kappa shape index (κ3) is 2.83. The summed E-state index contributed by atoms with van der Waals surface area (Å²) < 4.78 is 0. The van der Waals surface area contributed by atoms with Crippen LogP contribution in [-0.4, -0.2) is 36.0 Å². The number of nitro groups is 1. The number of nitrogens with zero attached hydrogens (tertiary/aromatic N) is 2. The molecule has 0 atom stereocenters. The molecular weight excluding hydrogens is 254 g/mol. The minimum absolute atomic E-state index is 0.204. The highest BCUT2D eigenvalue weighted by Crippen LogP contribution is 2.35. The Morgan fingerprint density at radius 3 is 2.60 bits per heavy atom. The van der Waals surface area contributed by atoms with E-state index < -0.39 is 0 Å². The predicted octanol–water partition coefficient (Wildman–Crippen LogP) is 2.48. The molecule has 1 saturated carbocycles. The highest BCUT2D eigenvalue weighted by atomic mass is 16.6. The van der Waals surface area contributed by atoms with E-state index in [1.807, 2.05) is 13.0 Å². The van der Waals surface area contributed by atoms with Gasteiger partial charge in [-0.3, -0.25) is 10.1 Å². The molecule has 1 N–H and O–H groups in total. The summed E-state index contributed by atoms with van der Waals surface area (Å²) in [5.74, 6) is 0. The number of hydrogen-bond donors (Lipinski definition) is 1. The Morgan fingerprint density at radius 2 is 2.10 bits per heavy atom. The number of likely N-dealkylation sites (N-methyl/N-ethyl adjacent to an activating group) is 1. The van der Waals surface area contributed by atoms with Crippen LogP contribution in [-0.2, 0) is 6.54 Å². The fourth-order valence-corrected chi connectivity index (χ4v) is 2.86. The summed E-state index contributed by atoms with van der Waals surface area (Å²) in [6, 6.07) is 5.28. The van der Waals surface area contributed by atoms with Gasteiger partial charge in [0, 0.05) is 30.3 Å². The number of hydrogen-bond acceptors (Lipinski definition) is 4. The van der Waals surface area contributed by atoms with Crippen molar-refractivity contribution in [1.29, 1.82) is 0 Å². The van der Waals surface area contributed by atoms with E-state index in [0.29, 0.717) is 6.54 Å². The number of nitrogens with one attached hydrogen (secondary N) is 1. The molecule has 0 bridgehead atoms. The summed E-state index contributed by atoms with van der Waals surface area (Å²) in [7, 11) is 4.25. The summed E-state index contributed by atoms with van der Waals surface area (Å²) in [6.45, 7) is 3.44. The minimum Gasteiger partial charge on any atom is -0.311 e. The number of benzene rings is 1. The average molecular weight is 277 g/mol. The second-order valence-corrected chi connectivity index (χ2v) is 5.89. The van der Waals surface area contributed by atoms with Crippen molar-refractivity contribution in [1.82, 2.24) is 10.2 Å². The molecular formula is C15H23N3O2. The third-order valence-electron chi connectivity index (χ3n) is 4.62. The molecule has 1 fully saturated rings. The van der Waals surface area contributed by atoms with Gasteiger partial charge in [0.2, 0.25) is 0 Å². The van der Waals surface area contributed by atoms with Crippen molar-refractivity contribution in [3.8, 4) is 0 Å². The molecule has 110 valence electrons. The second kappa shape index (κ2) is 5.89. The van der Waals surface area contributed by atoms with Crippen molar-refractivity contribution >= 4 is 5.69 Å². The smallest absolute Gasteiger partial charge is 0.272 e. The van der Waals surface area contributed by atoms with Crippen molar-refractivity contribution in [3.05, 3.63) is 39.4 Å². The first-order valence-corrected chi connectivity index (χ1v) is 7.07. The Kier molecular flexibility index (Phi) is 4.40. The van der Waals surface area contributed by atoms with Gasteiger partial charge >= 0.3 is 0 Å². The van der Waals surface area contributed by atoms with E-state index in [9.17, 15) is 10.1 Å². The zero-order chi connectivity index (χ0) is 14.8. The lowest BCUT2D eigenvalue weighted by Gasteiger charge is -2.47. The molecule has 0 heterocycles. The Bertz CT molecular complexity index is 496. The van der Waals surface area contributed by atoms with Crippen LogP contribution in [0.3, 0.4) is 0 Å². The molecule has 0 aromatic heterocycles. The van der Waals surface area contributed by atoms with Crippen LogP contribution in [0, 0.1) is 17.0 Å². The third-order valence-corrected chi connectivity index (χ3v) is 4.62. The molecule has 5 nitrogen and oxygen atoms in total. The van der Waals surface area contributed by atoms with Crippen LogP contribution in [0.25, 0.3) is 0 Å². The van der Waals surface area contributed by atoms with Gasteiger partial charge in [-0.05, 0) is 45.8 Å². The average Bonchev–Trinajstić information content (AvgIpc) is 2.33. The van der Waals surface area contributed by atoms with Crippen LogP contribution in [0.4, 0.5) is 5.69 Å². The maximum atomic E-state index is 10.9. The van der Waals surface area contributed by atoms with Crippen molar-refractivity contribution in [2.45, 2.75) is 38.3 Å². The molecule has 5 heteroatoms. The summed E-state index contributed by atoms with van der Waals surface area (Å²) in [6.07, 6.45) is 3.73. The Hall–Kier alpha value is -1.46. The van der Waals surface area contributed by atoms with E-state index >= 15 is 0 Å². The van der Waals surface area contributed by atoms with Crippen molar-refractivity contribution < 1.29 is 4.92 Å². The molecule has 2 rings (SSSR count). The van der Waals surface area contributed by atoms with Gasteiger partial charge in [-0.2, -0.15) is 0 Å². The fraction of sp³-hybridized carbons (Fsp3) is 0.600. The first-order valence-electron chi connectivity index (χ1n) is 7.07. The Balaban J connectivity index is 1.98. The standard InChI is InChI=1S/C15H23N3O2/c1-12-13(6-4-7-14(12)18(19)20)10-16-11-15(17(2)3)8-5-9-15/h4,6-7,16H,5,8-11H2,1-3H3. The molecule has 0 spiro atoms. The van der Waals surface area contributed by atoms with E-state index in [-0.39, 0.29) is 16.1 Å². The van der Waals surface area contributed by atoms with E-state index in [0.717, 1.165) is 17.7 Å². The SMILES string of the molecule is Cc1c(CNCC2(N(C)C)CCC2)cccc1[N+](=O)[O-]. The predicted molar refractivity (Wildman–Crippen MR) is 79.8 cm³/mol. The lowest BCUT2D eigenvalue weighted by atomic mass is 9.75. The Labute approximate surface area is 120 Å². The van der Waals surface area contributed by atoms with Gasteiger partial charge in [-0.25, -0.2) is 0 Å². The molecule has 1 aromatic carbocycles. The zero-order valence-electron chi connectivity index (χ0n) is 12.5. The van der Waals surface area contributed by atoms with Gasteiger partial charge in [0.1, 0.15) is 0 Å². The molecule has 0 radical (unpaired) electrons. The first kappa shape index (κ1) is 14.9. The summed E-state index contributed by atoms with van der Waals surface area (Å²) in [5.41, 5.74) is 2.24. The maximum absolute atomic E-state index is 10.9. The molecule has 0 unspecified atom stereocenters. The second-order valence-electron chi connectivity index (χ2n) is 5.89. The van der Waals surface area contributed by atoms with Crippen LogP contribution >= 0.6 is 0 Å². The fourth-order valence-electron chi connectivity index (χ4n) is 2.86. The van der Waals surface area contributed by atoms with E-state index in [1.165, 1.54) is 19.3 Å². The topological polar surface area (TPSA) is 58.4 Å². The quantitative estimate of drug-likeness (QED) is 0.641. The van der Waals surface area contributed by atoms with Crippen molar-refractivity contribution in [2.75, 3.05) is 20.6 Å². The van der Waals surface area contributed by atoms with E-state index in [4.69, 9.17) is 0 Å². The van der Waals surface area contributed by atoms with E-state index in [2.05, 4.69) is 24.3 Å². The van der Waals surface area contributed by atoms with Crippen molar-refractivity contribution in [2.24, 2.45) is 0 Å². The molecule has 0 saturated heterocycles. The molecule has 0 amide bonds. The zero-order valence-corrected chi connectivity index (χ0v) is 12.5. The van der Waals surface area contributed by atoms with Gasteiger partial charge < -0.3 is 10.2 Å². The summed E-state index contributed by atoms with van der Waals surface area (Å²) in [5, 5.41) is 14.4. The molecule has 0 aliphatic heterocycles. The Morgan fingerprint density at radius 1 is 1.40 bits per heavy atom. The molecule has 1 aromatic rings. The van der Waals surface area contributed by atoms with Crippen LogP contribution in [0.2, 0.25) is 0 Å². The van der Waals surface area contributed by atoms with Gasteiger partial charge in [0.25, 0.3) is 5.69 Å². The van der Waals surface area contributed by atoms with Crippen LogP contribution in [0.15, 0.2) is 18.2 Å². The number of nitro benzene ring substituents is 1. The highest BCUT2D eigenvalue weighted by molar-refractivity contribution is 5.44. The van der Waals surface area contributed by atoms with Crippen molar-refractivity contribution in [3.63, 3.8) is 0 Å². The molecule has 20 heavy (non-hydrogen) atoms. The lowest BCUT2D eigenvalue weighted by molar-refractivity contribution is -0.385. The van der Waals surface area contributed by atoms with Gasteiger partial charge in [0.15, 0.2) is 0 Å². The monoisotopic (exact) mass is 277 g/mol. The normalized spacial score (nSPS) is 17.0. The largest absolute Gasteiger partial charge is 0.311 e. The van der Waals surface area contributed by atoms with Crippen LogP contribution in [0.5, 0.6) is 0 Å². The summed E-state index contributed by atoms with van der Waals surface area (Å²) in [4.78, 5) is 12.9. The molecule has 1 aliphatic rings. The molecule has 1 aliphatic carbocycles. The highest BCUT2D eigenvalue weighted by Gasteiger charge is 2.38. The maximum Gasteiger partial charge on any atom is 0.272 e.